The number of nitrogens with one attached hydrogen (secondary N) is 1. The summed E-state index contributed by atoms with van der Waals surface area (Å²) in [6.07, 6.45) is 0. The molecule has 0 aromatic heterocycles. The van der Waals surface area contributed by atoms with Gasteiger partial charge in [0.1, 0.15) is 5.75 Å². The minimum atomic E-state index is -0.254. The number of hydrogen-bond donors (Lipinski definition) is 1. The Labute approximate surface area is 189 Å². The van der Waals surface area contributed by atoms with Crippen LogP contribution in [-0.4, -0.2) is 49.5 Å². The summed E-state index contributed by atoms with van der Waals surface area (Å²) in [7, 11) is 0. The van der Waals surface area contributed by atoms with Gasteiger partial charge in [-0.05, 0) is 55.3 Å². The number of hydrogen-bond acceptors (Lipinski definition) is 4. The van der Waals surface area contributed by atoms with Crippen LogP contribution in [0.4, 0.5) is 11.4 Å². The topological polar surface area (TPSA) is 61.9 Å². The van der Waals surface area contributed by atoms with Gasteiger partial charge in [0.05, 0.1) is 11.4 Å². The molecule has 3 rings (SSSR count). The first-order valence-corrected chi connectivity index (χ1v) is 11.0. The van der Waals surface area contributed by atoms with Crippen LogP contribution in [0.5, 0.6) is 5.75 Å². The van der Waals surface area contributed by atoms with E-state index >= 15 is 0 Å². The van der Waals surface area contributed by atoms with Gasteiger partial charge in [-0.3, -0.25) is 9.59 Å². The number of piperazine rings is 1. The van der Waals surface area contributed by atoms with Crippen molar-refractivity contribution < 1.29 is 14.3 Å². The highest BCUT2D eigenvalue weighted by Crippen LogP contribution is 2.30. The summed E-state index contributed by atoms with van der Waals surface area (Å²) >= 11 is 6.19. The fourth-order valence-corrected chi connectivity index (χ4v) is 3.73. The lowest BCUT2D eigenvalue weighted by atomic mass is 10.1. The number of halogens is 1. The van der Waals surface area contributed by atoms with Crippen molar-refractivity contribution in [2.45, 2.75) is 27.7 Å². The molecule has 0 aliphatic carbocycles. The number of aryl methyl sites for hydroxylation is 2. The van der Waals surface area contributed by atoms with Crippen LogP contribution in [0.15, 0.2) is 36.4 Å². The first kappa shape index (κ1) is 22.9. The van der Waals surface area contributed by atoms with Gasteiger partial charge in [0, 0.05) is 37.1 Å². The zero-order valence-corrected chi connectivity index (χ0v) is 19.3. The molecule has 166 valence electrons. The van der Waals surface area contributed by atoms with Crippen LogP contribution < -0.4 is 15.0 Å². The highest BCUT2D eigenvalue weighted by Gasteiger charge is 2.24. The molecule has 1 aliphatic heterocycles. The summed E-state index contributed by atoms with van der Waals surface area (Å²) in [6, 6.07) is 11.2. The molecule has 2 amide bonds. The average Bonchev–Trinajstić information content (AvgIpc) is 2.74. The number of amides is 2. The number of nitrogens with zero attached hydrogens (tertiary/aromatic N) is 2. The molecule has 0 unspecified atom stereocenters. The van der Waals surface area contributed by atoms with Crippen LogP contribution >= 0.6 is 11.6 Å². The quantitative estimate of drug-likeness (QED) is 0.723. The Morgan fingerprint density at radius 3 is 2.39 bits per heavy atom. The third-order valence-electron chi connectivity index (χ3n) is 5.51. The molecule has 2 aromatic carbocycles. The van der Waals surface area contributed by atoms with Gasteiger partial charge in [-0.1, -0.05) is 31.5 Å². The number of ether oxygens (including phenoxy) is 1. The van der Waals surface area contributed by atoms with E-state index in [9.17, 15) is 9.59 Å². The third kappa shape index (κ3) is 5.91. The van der Waals surface area contributed by atoms with Gasteiger partial charge >= 0.3 is 0 Å². The molecule has 1 N–H and O–H groups in total. The number of anilines is 2. The van der Waals surface area contributed by atoms with Crippen molar-refractivity contribution >= 4 is 34.8 Å². The van der Waals surface area contributed by atoms with Crippen molar-refractivity contribution in [2.24, 2.45) is 5.92 Å². The lowest BCUT2D eigenvalue weighted by Crippen LogP contribution is -2.50. The van der Waals surface area contributed by atoms with E-state index in [2.05, 4.69) is 10.2 Å². The maximum absolute atomic E-state index is 12.5. The van der Waals surface area contributed by atoms with Crippen molar-refractivity contribution in [3.63, 3.8) is 0 Å². The molecule has 0 bridgehead atoms. The molecule has 1 saturated heterocycles. The second-order valence-electron chi connectivity index (χ2n) is 8.21. The second-order valence-corrected chi connectivity index (χ2v) is 8.65. The molecule has 2 aromatic rings. The van der Waals surface area contributed by atoms with Crippen molar-refractivity contribution in [1.82, 2.24) is 4.90 Å². The molecule has 0 atom stereocenters. The molecular formula is C24H30ClN3O3. The van der Waals surface area contributed by atoms with Crippen LogP contribution in [0.25, 0.3) is 0 Å². The van der Waals surface area contributed by atoms with E-state index in [-0.39, 0.29) is 24.3 Å². The Hall–Kier alpha value is -2.73. The van der Waals surface area contributed by atoms with Gasteiger partial charge in [0.2, 0.25) is 5.91 Å². The molecule has 1 aliphatic rings. The summed E-state index contributed by atoms with van der Waals surface area (Å²) in [6.45, 7) is 10.5. The van der Waals surface area contributed by atoms with Gasteiger partial charge in [0.15, 0.2) is 6.61 Å². The van der Waals surface area contributed by atoms with Crippen molar-refractivity contribution in [2.75, 3.05) is 43.0 Å². The number of rotatable bonds is 6. The van der Waals surface area contributed by atoms with Crippen LogP contribution in [-0.2, 0) is 9.59 Å². The Balaban J connectivity index is 1.64. The van der Waals surface area contributed by atoms with Crippen molar-refractivity contribution in [1.29, 1.82) is 0 Å². The Morgan fingerprint density at radius 1 is 1.03 bits per heavy atom. The maximum atomic E-state index is 12.5. The van der Waals surface area contributed by atoms with Gasteiger partial charge < -0.3 is 19.9 Å². The van der Waals surface area contributed by atoms with Gasteiger partial charge in [-0.2, -0.15) is 0 Å². The Bertz CT molecular complexity index is 953. The summed E-state index contributed by atoms with van der Waals surface area (Å²) in [5, 5.41) is 3.47. The number of benzene rings is 2. The normalized spacial score (nSPS) is 14.0. The van der Waals surface area contributed by atoms with E-state index in [4.69, 9.17) is 16.3 Å². The standard InChI is InChI=1S/C24H30ClN3O3/c1-16(2)24(30)28-11-9-27(10-12-28)22-8-6-19(25)14-21(22)26-23(29)15-31-20-7-5-17(3)18(4)13-20/h5-8,13-14,16H,9-12,15H2,1-4H3,(H,26,29). The van der Waals surface area contributed by atoms with Gasteiger partial charge in [-0.15, -0.1) is 0 Å². The first-order valence-electron chi connectivity index (χ1n) is 10.6. The average molecular weight is 444 g/mol. The third-order valence-corrected chi connectivity index (χ3v) is 5.74. The lowest BCUT2D eigenvalue weighted by Gasteiger charge is -2.37. The van der Waals surface area contributed by atoms with Gasteiger partial charge in [-0.25, -0.2) is 0 Å². The second kappa shape index (κ2) is 10.1. The summed E-state index contributed by atoms with van der Waals surface area (Å²) in [5.41, 5.74) is 3.83. The molecule has 0 saturated carbocycles. The van der Waals surface area contributed by atoms with E-state index in [0.717, 1.165) is 11.3 Å². The Morgan fingerprint density at radius 2 is 1.74 bits per heavy atom. The summed E-state index contributed by atoms with van der Waals surface area (Å²) < 4.78 is 5.65. The highest BCUT2D eigenvalue weighted by molar-refractivity contribution is 6.31. The maximum Gasteiger partial charge on any atom is 0.262 e. The molecule has 0 radical (unpaired) electrons. The zero-order valence-electron chi connectivity index (χ0n) is 18.6. The minimum absolute atomic E-state index is 0.00533. The molecule has 7 heteroatoms. The summed E-state index contributed by atoms with van der Waals surface area (Å²) in [5.74, 6) is 0.577. The molecular weight excluding hydrogens is 414 g/mol. The molecule has 6 nitrogen and oxygen atoms in total. The Kier molecular flexibility index (Phi) is 7.44. The van der Waals surface area contributed by atoms with Gasteiger partial charge in [0.25, 0.3) is 5.91 Å². The van der Waals surface area contributed by atoms with E-state index in [0.29, 0.717) is 42.6 Å². The predicted molar refractivity (Wildman–Crippen MR) is 125 cm³/mol. The van der Waals surface area contributed by atoms with E-state index in [1.54, 1.807) is 6.07 Å². The zero-order chi connectivity index (χ0) is 22.5. The van der Waals surface area contributed by atoms with Crippen LogP contribution in [0.2, 0.25) is 5.02 Å². The monoisotopic (exact) mass is 443 g/mol. The fraction of sp³-hybridized carbons (Fsp3) is 0.417. The van der Waals surface area contributed by atoms with Crippen molar-refractivity contribution in [3.05, 3.63) is 52.5 Å². The number of carbonyl (C=O) groups is 2. The van der Waals surface area contributed by atoms with E-state index < -0.39 is 0 Å². The molecule has 1 heterocycles. The van der Waals surface area contributed by atoms with Crippen LogP contribution in [0.3, 0.4) is 0 Å². The van der Waals surface area contributed by atoms with Crippen LogP contribution in [0, 0.1) is 19.8 Å². The van der Waals surface area contributed by atoms with Crippen molar-refractivity contribution in [3.8, 4) is 5.75 Å². The first-order chi connectivity index (χ1) is 14.7. The minimum Gasteiger partial charge on any atom is -0.484 e. The molecule has 0 spiro atoms. The highest BCUT2D eigenvalue weighted by atomic mass is 35.5. The largest absolute Gasteiger partial charge is 0.484 e. The lowest BCUT2D eigenvalue weighted by molar-refractivity contribution is -0.134. The SMILES string of the molecule is Cc1ccc(OCC(=O)Nc2cc(Cl)ccc2N2CCN(C(=O)C(C)C)CC2)cc1C. The smallest absolute Gasteiger partial charge is 0.262 e. The molecule has 31 heavy (non-hydrogen) atoms. The van der Waals surface area contributed by atoms with E-state index in [1.165, 1.54) is 5.56 Å². The van der Waals surface area contributed by atoms with Crippen LogP contribution in [0.1, 0.15) is 25.0 Å². The van der Waals surface area contributed by atoms with E-state index in [1.807, 2.05) is 62.9 Å². The summed E-state index contributed by atoms with van der Waals surface area (Å²) in [4.78, 5) is 28.9. The molecule has 1 fully saturated rings. The fourth-order valence-electron chi connectivity index (χ4n) is 3.56. The predicted octanol–water partition coefficient (Wildman–Crippen LogP) is 4.28. The number of carbonyl (C=O) groups excluding carboxylic acids is 2.